The number of unbranched alkanes of at least 4 members (excludes halogenated alkanes) is 1. The highest BCUT2D eigenvalue weighted by molar-refractivity contribution is 5.65. The van der Waals surface area contributed by atoms with Crippen LogP contribution in [0.15, 0.2) is 61.2 Å². The molecule has 0 aliphatic heterocycles. The van der Waals surface area contributed by atoms with Gasteiger partial charge in [-0.25, -0.2) is 13.2 Å². The minimum absolute atomic E-state index is 0.00467. The average Bonchev–Trinajstić information content (AvgIpc) is 2.97. The monoisotopic (exact) mass is 554 g/mol. The second-order valence-corrected chi connectivity index (χ2v) is 10.5. The first-order valence-electron chi connectivity index (χ1n) is 14.3. The Morgan fingerprint density at radius 1 is 0.800 bits per heavy atom. The van der Waals surface area contributed by atoms with E-state index in [-0.39, 0.29) is 35.5 Å². The van der Waals surface area contributed by atoms with Crippen molar-refractivity contribution < 1.29 is 27.0 Å². The Labute approximate surface area is 235 Å². The summed E-state index contributed by atoms with van der Waals surface area (Å²) in [6.45, 7) is 6.70. The molecule has 0 heterocycles. The number of hydrogen-bond donors (Lipinski definition) is 0. The molecule has 3 aromatic rings. The van der Waals surface area contributed by atoms with E-state index < -0.39 is 23.3 Å². The van der Waals surface area contributed by atoms with E-state index >= 15 is 8.78 Å². The summed E-state index contributed by atoms with van der Waals surface area (Å²) in [5.74, 6) is -3.63. The number of hydrogen-bond acceptors (Lipinski definition) is 2. The van der Waals surface area contributed by atoms with Crippen LogP contribution in [0.1, 0.15) is 74.5 Å². The lowest BCUT2D eigenvalue weighted by Gasteiger charge is -2.29. The quantitative estimate of drug-likeness (QED) is 0.119. The summed E-state index contributed by atoms with van der Waals surface area (Å²) in [5, 5.41) is 0. The summed E-state index contributed by atoms with van der Waals surface area (Å²) in [7, 11) is 0. The lowest BCUT2D eigenvalue weighted by atomic mass is 9.82. The number of aryl methyl sites for hydroxylation is 2. The van der Waals surface area contributed by atoms with E-state index in [1.807, 2.05) is 0 Å². The van der Waals surface area contributed by atoms with Gasteiger partial charge >= 0.3 is 0 Å². The van der Waals surface area contributed by atoms with Crippen molar-refractivity contribution in [2.24, 2.45) is 0 Å². The molecule has 214 valence electrons. The first kappa shape index (κ1) is 29.9. The summed E-state index contributed by atoms with van der Waals surface area (Å²) in [4.78, 5) is 0. The SMILES string of the molecule is C=CCCOc1ccc(CCc2ccc(-c3ccc(C4CCC(OCCCC)CC4)c(F)c3F)cc2)c(F)c1F. The zero-order chi connectivity index (χ0) is 28.5. The van der Waals surface area contributed by atoms with Gasteiger partial charge in [-0.1, -0.05) is 61.9 Å². The van der Waals surface area contributed by atoms with Gasteiger partial charge in [0.2, 0.25) is 5.82 Å². The summed E-state index contributed by atoms with van der Waals surface area (Å²) in [6, 6.07) is 13.4. The Morgan fingerprint density at radius 2 is 1.55 bits per heavy atom. The van der Waals surface area contributed by atoms with Gasteiger partial charge in [0.25, 0.3) is 0 Å². The molecule has 1 aliphatic carbocycles. The number of ether oxygens (including phenoxy) is 2. The first-order valence-corrected chi connectivity index (χ1v) is 14.3. The molecule has 3 aromatic carbocycles. The Bertz CT molecular complexity index is 1260. The molecule has 0 amide bonds. The number of halogens is 4. The molecule has 40 heavy (non-hydrogen) atoms. The van der Waals surface area contributed by atoms with E-state index in [1.54, 1.807) is 42.5 Å². The molecule has 4 rings (SSSR count). The lowest BCUT2D eigenvalue weighted by Crippen LogP contribution is -2.22. The highest BCUT2D eigenvalue weighted by atomic mass is 19.2. The van der Waals surface area contributed by atoms with Crippen LogP contribution in [0.25, 0.3) is 11.1 Å². The van der Waals surface area contributed by atoms with E-state index in [0.717, 1.165) is 50.7 Å². The fourth-order valence-corrected chi connectivity index (χ4v) is 5.30. The molecule has 6 heteroatoms. The summed E-state index contributed by atoms with van der Waals surface area (Å²) in [5.41, 5.74) is 2.35. The fraction of sp³-hybridized carbons (Fsp3) is 0.412. The second-order valence-electron chi connectivity index (χ2n) is 10.5. The molecule has 0 saturated heterocycles. The van der Waals surface area contributed by atoms with Crippen LogP contribution in [-0.2, 0) is 17.6 Å². The molecule has 1 fully saturated rings. The normalized spacial score (nSPS) is 17.1. The smallest absolute Gasteiger partial charge is 0.200 e. The third kappa shape index (κ3) is 7.34. The van der Waals surface area contributed by atoms with Crippen molar-refractivity contribution in [3.63, 3.8) is 0 Å². The van der Waals surface area contributed by atoms with Crippen molar-refractivity contribution >= 4 is 0 Å². The highest BCUT2D eigenvalue weighted by Gasteiger charge is 2.27. The molecular weight excluding hydrogens is 516 g/mol. The van der Waals surface area contributed by atoms with Gasteiger partial charge in [-0.15, -0.1) is 6.58 Å². The number of rotatable bonds is 13. The van der Waals surface area contributed by atoms with Crippen molar-refractivity contribution in [2.45, 2.75) is 76.7 Å². The van der Waals surface area contributed by atoms with Gasteiger partial charge in [0.15, 0.2) is 23.2 Å². The molecule has 0 radical (unpaired) electrons. The van der Waals surface area contributed by atoms with Crippen LogP contribution in [0, 0.1) is 23.3 Å². The summed E-state index contributed by atoms with van der Waals surface area (Å²) >= 11 is 0. The molecular formula is C34H38F4O2. The topological polar surface area (TPSA) is 18.5 Å². The van der Waals surface area contributed by atoms with E-state index in [4.69, 9.17) is 9.47 Å². The number of benzene rings is 3. The maximum absolute atomic E-state index is 15.2. The van der Waals surface area contributed by atoms with Gasteiger partial charge in [-0.2, -0.15) is 4.39 Å². The minimum atomic E-state index is -0.994. The third-order valence-corrected chi connectivity index (χ3v) is 7.73. The Hall–Kier alpha value is -3.12. The molecule has 0 aromatic heterocycles. The Balaban J connectivity index is 1.37. The standard InChI is InChI=1S/C34H38F4O2/c1-3-5-21-39-27-16-13-25(14-17-27)29-19-18-28(32(36)33(29)37)24-10-7-23(8-11-24)9-12-26-15-20-30(34(38)31(26)35)40-22-6-4-2/h4,7-8,10-11,15,18-20,25,27H,2-3,5-6,9,12-14,16-17,21-22H2,1H3. The van der Waals surface area contributed by atoms with Gasteiger partial charge < -0.3 is 9.47 Å². The maximum atomic E-state index is 15.2. The maximum Gasteiger partial charge on any atom is 0.200 e. The van der Waals surface area contributed by atoms with Crippen molar-refractivity contribution in [3.05, 3.63) is 101 Å². The van der Waals surface area contributed by atoms with E-state index in [9.17, 15) is 8.78 Å². The van der Waals surface area contributed by atoms with Crippen LogP contribution in [0.4, 0.5) is 17.6 Å². The van der Waals surface area contributed by atoms with Crippen molar-refractivity contribution in [1.29, 1.82) is 0 Å². The van der Waals surface area contributed by atoms with E-state index in [1.165, 1.54) is 12.1 Å². The summed E-state index contributed by atoms with van der Waals surface area (Å²) < 4.78 is 70.4. The average molecular weight is 555 g/mol. The third-order valence-electron chi connectivity index (χ3n) is 7.73. The second kappa shape index (κ2) is 14.5. The Kier molecular flexibility index (Phi) is 10.8. The van der Waals surface area contributed by atoms with Gasteiger partial charge in [0, 0.05) is 12.2 Å². The van der Waals surface area contributed by atoms with E-state index in [2.05, 4.69) is 13.5 Å². The first-order chi connectivity index (χ1) is 19.4. The largest absolute Gasteiger partial charge is 0.490 e. The van der Waals surface area contributed by atoms with Crippen molar-refractivity contribution in [3.8, 4) is 16.9 Å². The zero-order valence-corrected chi connectivity index (χ0v) is 23.2. The highest BCUT2D eigenvalue weighted by Crippen LogP contribution is 2.38. The van der Waals surface area contributed by atoms with E-state index in [0.29, 0.717) is 30.4 Å². The van der Waals surface area contributed by atoms with Crippen LogP contribution < -0.4 is 4.74 Å². The lowest BCUT2D eigenvalue weighted by molar-refractivity contribution is 0.0230. The van der Waals surface area contributed by atoms with Crippen LogP contribution >= 0.6 is 0 Å². The minimum Gasteiger partial charge on any atom is -0.490 e. The predicted octanol–water partition coefficient (Wildman–Crippen LogP) is 9.49. The van der Waals surface area contributed by atoms with Gasteiger partial charge in [-0.05, 0) is 85.6 Å². The molecule has 0 atom stereocenters. The van der Waals surface area contributed by atoms with Crippen LogP contribution in [0.2, 0.25) is 0 Å². The molecule has 0 unspecified atom stereocenters. The molecule has 1 saturated carbocycles. The van der Waals surface area contributed by atoms with Crippen molar-refractivity contribution in [1.82, 2.24) is 0 Å². The van der Waals surface area contributed by atoms with Crippen LogP contribution in [0.3, 0.4) is 0 Å². The van der Waals surface area contributed by atoms with Gasteiger partial charge in [0.1, 0.15) is 0 Å². The van der Waals surface area contributed by atoms with Crippen LogP contribution in [-0.4, -0.2) is 19.3 Å². The van der Waals surface area contributed by atoms with Crippen molar-refractivity contribution in [2.75, 3.05) is 13.2 Å². The summed E-state index contributed by atoms with van der Waals surface area (Å²) in [6.07, 6.45) is 8.59. The molecule has 0 spiro atoms. The molecule has 0 N–H and O–H groups in total. The zero-order valence-electron chi connectivity index (χ0n) is 23.2. The van der Waals surface area contributed by atoms with Crippen LogP contribution in [0.5, 0.6) is 5.75 Å². The predicted molar refractivity (Wildman–Crippen MR) is 152 cm³/mol. The Morgan fingerprint density at radius 3 is 2.25 bits per heavy atom. The molecule has 2 nitrogen and oxygen atoms in total. The molecule has 1 aliphatic rings. The fourth-order valence-electron chi connectivity index (χ4n) is 5.30. The van der Waals surface area contributed by atoms with Gasteiger partial charge in [-0.3, -0.25) is 0 Å². The molecule has 0 bridgehead atoms. The van der Waals surface area contributed by atoms with Gasteiger partial charge in [0.05, 0.1) is 12.7 Å².